The van der Waals surface area contributed by atoms with Gasteiger partial charge in [0.25, 0.3) is 0 Å². The summed E-state index contributed by atoms with van der Waals surface area (Å²) >= 11 is 0. The lowest BCUT2D eigenvalue weighted by atomic mass is 9.86. The highest BCUT2D eigenvalue weighted by atomic mass is 15.1. The number of nitrogens with zero attached hydrogens (tertiary/aromatic N) is 1. The molecule has 2 aromatic carbocycles. The number of hydrogen-bond acceptors (Lipinski definition) is 1. The molecular weight excluding hydrogens is 278 g/mol. The van der Waals surface area contributed by atoms with Gasteiger partial charge in [-0.2, -0.15) is 0 Å². The molecule has 2 bridgehead atoms. The van der Waals surface area contributed by atoms with Crippen molar-refractivity contribution in [1.29, 1.82) is 0 Å². The van der Waals surface area contributed by atoms with Crippen LogP contribution in [0.3, 0.4) is 0 Å². The van der Waals surface area contributed by atoms with Gasteiger partial charge in [-0.25, -0.2) is 0 Å². The zero-order valence-electron chi connectivity index (χ0n) is 14.4. The fourth-order valence-electron chi connectivity index (χ4n) is 4.72. The summed E-state index contributed by atoms with van der Waals surface area (Å²) in [4.78, 5) is 2.58. The molecule has 2 aliphatic carbocycles. The molecule has 0 saturated heterocycles. The minimum Gasteiger partial charge on any atom is -0.300 e. The van der Waals surface area contributed by atoms with Crippen LogP contribution >= 0.6 is 0 Å². The van der Waals surface area contributed by atoms with E-state index in [1.54, 1.807) is 11.1 Å². The molecule has 0 radical (unpaired) electrons. The monoisotopic (exact) mass is 305 g/mol. The summed E-state index contributed by atoms with van der Waals surface area (Å²) in [5, 5.41) is 2.73. The van der Waals surface area contributed by atoms with Crippen LogP contribution < -0.4 is 0 Å². The zero-order chi connectivity index (χ0) is 15.8. The Balaban J connectivity index is 1.77. The first-order valence-corrected chi connectivity index (χ1v) is 9.24. The maximum Gasteiger partial charge on any atom is 0.0201 e. The summed E-state index contributed by atoms with van der Waals surface area (Å²) in [5.74, 6) is 1.66. The summed E-state index contributed by atoms with van der Waals surface area (Å²) < 4.78 is 0. The van der Waals surface area contributed by atoms with E-state index in [2.05, 4.69) is 61.2 Å². The Bertz CT molecular complexity index is 738. The highest BCUT2D eigenvalue weighted by Gasteiger charge is 2.39. The Morgan fingerprint density at radius 2 is 1.65 bits per heavy atom. The summed E-state index contributed by atoms with van der Waals surface area (Å²) in [6.07, 6.45) is 4.21. The third kappa shape index (κ3) is 2.61. The Morgan fingerprint density at radius 1 is 0.913 bits per heavy atom. The molecule has 0 aliphatic heterocycles. The van der Waals surface area contributed by atoms with Crippen LogP contribution in [-0.4, -0.2) is 24.5 Å². The summed E-state index contributed by atoms with van der Waals surface area (Å²) in [5.41, 5.74) is 4.93. The van der Waals surface area contributed by atoms with E-state index in [4.69, 9.17) is 0 Å². The van der Waals surface area contributed by atoms with Crippen LogP contribution in [0.1, 0.15) is 38.7 Å². The van der Waals surface area contributed by atoms with Crippen LogP contribution in [0.2, 0.25) is 0 Å². The predicted molar refractivity (Wildman–Crippen MR) is 99.5 cm³/mol. The molecule has 2 atom stereocenters. The van der Waals surface area contributed by atoms with Crippen molar-refractivity contribution in [2.75, 3.05) is 19.6 Å². The molecule has 1 fully saturated rings. The average Bonchev–Trinajstić information content (AvgIpc) is 3.20. The van der Waals surface area contributed by atoms with E-state index in [9.17, 15) is 0 Å². The van der Waals surface area contributed by atoms with Gasteiger partial charge in [0.1, 0.15) is 0 Å². The highest BCUT2D eigenvalue weighted by molar-refractivity contribution is 5.87. The van der Waals surface area contributed by atoms with Gasteiger partial charge in [0.05, 0.1) is 0 Å². The van der Waals surface area contributed by atoms with E-state index >= 15 is 0 Å². The van der Waals surface area contributed by atoms with E-state index in [1.165, 1.54) is 42.1 Å². The Kier molecular flexibility index (Phi) is 3.98. The number of benzene rings is 2. The van der Waals surface area contributed by atoms with Gasteiger partial charge in [-0.1, -0.05) is 50.2 Å². The second-order valence-electron chi connectivity index (χ2n) is 7.17. The van der Waals surface area contributed by atoms with E-state index in [1.807, 2.05) is 0 Å². The molecule has 2 aliphatic rings. The molecule has 4 rings (SSSR count). The number of allylic oxidation sites excluding steroid dienone is 1. The molecule has 2 aromatic rings. The fraction of sp³-hybridized carbons (Fsp3) is 0.455. The van der Waals surface area contributed by atoms with Crippen LogP contribution in [0.5, 0.6) is 0 Å². The van der Waals surface area contributed by atoms with Gasteiger partial charge in [-0.15, -0.1) is 0 Å². The van der Waals surface area contributed by atoms with Gasteiger partial charge < -0.3 is 0 Å². The van der Waals surface area contributed by atoms with Crippen molar-refractivity contribution >= 4 is 16.3 Å². The van der Waals surface area contributed by atoms with E-state index in [-0.39, 0.29) is 0 Å². The van der Waals surface area contributed by atoms with E-state index < -0.39 is 0 Å². The molecule has 0 aromatic heterocycles. The zero-order valence-corrected chi connectivity index (χ0v) is 14.4. The number of likely N-dealkylation sites (N-methyl/N-ethyl adjacent to an activating group) is 1. The lowest BCUT2D eigenvalue weighted by Gasteiger charge is -2.26. The quantitative estimate of drug-likeness (QED) is 0.718. The van der Waals surface area contributed by atoms with Gasteiger partial charge >= 0.3 is 0 Å². The molecule has 1 heteroatoms. The summed E-state index contributed by atoms with van der Waals surface area (Å²) in [6.45, 7) is 8.06. The topological polar surface area (TPSA) is 3.24 Å². The van der Waals surface area contributed by atoms with Gasteiger partial charge in [-0.05, 0) is 77.7 Å². The standard InChI is InChI=1S/C22H27N/c1-3-23(4-2)15-21-18-10-12-20(14-18)22(21)19-11-9-16-7-5-6-8-17(16)13-19/h5-9,11,13,18,20H,3-4,10,12,14-15H2,1-2H3. The normalized spacial score (nSPS) is 23.4. The maximum atomic E-state index is 2.58. The SMILES string of the molecule is CCN(CC)CC1=C(c2ccc3ccccc3c2)C2CCC1C2. The first-order valence-electron chi connectivity index (χ1n) is 9.24. The van der Waals surface area contributed by atoms with Crippen LogP contribution in [0.4, 0.5) is 0 Å². The number of fused-ring (bicyclic) bond motifs is 3. The molecule has 1 nitrogen and oxygen atoms in total. The van der Waals surface area contributed by atoms with Crippen LogP contribution in [-0.2, 0) is 0 Å². The van der Waals surface area contributed by atoms with Crippen molar-refractivity contribution < 1.29 is 0 Å². The minimum atomic E-state index is 0.812. The average molecular weight is 305 g/mol. The maximum absolute atomic E-state index is 2.58. The largest absolute Gasteiger partial charge is 0.300 e. The van der Waals surface area contributed by atoms with Gasteiger partial charge in [0.15, 0.2) is 0 Å². The van der Waals surface area contributed by atoms with Crippen LogP contribution in [0.15, 0.2) is 48.0 Å². The Hall–Kier alpha value is -1.60. The second kappa shape index (κ2) is 6.13. The van der Waals surface area contributed by atoms with Gasteiger partial charge in [-0.3, -0.25) is 4.90 Å². The smallest absolute Gasteiger partial charge is 0.0201 e. The second-order valence-corrected chi connectivity index (χ2v) is 7.17. The molecule has 0 N–H and O–H groups in total. The van der Waals surface area contributed by atoms with Crippen LogP contribution in [0.25, 0.3) is 16.3 Å². The number of rotatable bonds is 5. The van der Waals surface area contributed by atoms with Crippen molar-refractivity contribution in [2.24, 2.45) is 11.8 Å². The van der Waals surface area contributed by atoms with Crippen molar-refractivity contribution in [3.63, 3.8) is 0 Å². The Labute approximate surface area is 140 Å². The summed E-state index contributed by atoms with van der Waals surface area (Å²) in [7, 11) is 0. The molecule has 23 heavy (non-hydrogen) atoms. The van der Waals surface area contributed by atoms with Crippen molar-refractivity contribution in [1.82, 2.24) is 4.90 Å². The molecular formula is C22H27N. The lowest BCUT2D eigenvalue weighted by Crippen LogP contribution is -2.27. The van der Waals surface area contributed by atoms with E-state index in [0.29, 0.717) is 0 Å². The summed E-state index contributed by atoms with van der Waals surface area (Å²) in [6, 6.07) is 15.8. The molecule has 120 valence electrons. The Morgan fingerprint density at radius 3 is 2.43 bits per heavy atom. The van der Waals surface area contributed by atoms with Crippen molar-refractivity contribution in [3.8, 4) is 0 Å². The van der Waals surface area contributed by atoms with Crippen molar-refractivity contribution in [2.45, 2.75) is 33.1 Å². The third-order valence-corrected chi connectivity index (χ3v) is 6.03. The first-order chi connectivity index (χ1) is 11.3. The first kappa shape index (κ1) is 15.0. The molecule has 0 heterocycles. The molecule has 0 amide bonds. The highest BCUT2D eigenvalue weighted by Crippen LogP contribution is 2.52. The predicted octanol–water partition coefficient (Wildman–Crippen LogP) is 5.37. The fourth-order valence-corrected chi connectivity index (χ4v) is 4.72. The minimum absolute atomic E-state index is 0.812. The number of hydrogen-bond donors (Lipinski definition) is 0. The van der Waals surface area contributed by atoms with Crippen LogP contribution in [0, 0.1) is 11.8 Å². The van der Waals surface area contributed by atoms with Gasteiger partial charge in [0.2, 0.25) is 0 Å². The third-order valence-electron chi connectivity index (χ3n) is 6.03. The molecule has 0 spiro atoms. The van der Waals surface area contributed by atoms with E-state index in [0.717, 1.165) is 24.9 Å². The molecule has 1 saturated carbocycles. The lowest BCUT2D eigenvalue weighted by molar-refractivity contribution is 0.319. The molecule has 2 unspecified atom stereocenters. The van der Waals surface area contributed by atoms with Crippen molar-refractivity contribution in [3.05, 3.63) is 53.6 Å². The van der Waals surface area contributed by atoms with Gasteiger partial charge in [0, 0.05) is 6.54 Å².